The molecule has 0 bridgehead atoms. The third-order valence-electron chi connectivity index (χ3n) is 1.62. The molecule has 2 rings (SSSR count). The SMILES string of the molecule is O=[N+]([O-])C=C(c1csnn1)c1ncc[nH]1. The number of nitro groups is 1. The van der Waals surface area contributed by atoms with E-state index in [1.807, 2.05) is 0 Å². The Balaban J connectivity index is 2.47. The molecule has 0 saturated carbocycles. The van der Waals surface area contributed by atoms with Crippen LogP contribution in [0.3, 0.4) is 0 Å². The molecule has 0 aromatic carbocycles. The molecule has 0 aliphatic rings. The first-order valence-corrected chi connectivity index (χ1v) is 4.73. The van der Waals surface area contributed by atoms with Gasteiger partial charge >= 0.3 is 0 Å². The van der Waals surface area contributed by atoms with Gasteiger partial charge in [-0.3, -0.25) is 10.1 Å². The second-order valence-corrected chi connectivity index (χ2v) is 3.17. The number of hydrogen-bond donors (Lipinski definition) is 1. The number of hydrogen-bond acceptors (Lipinski definition) is 6. The number of H-pyrrole nitrogens is 1. The Morgan fingerprint density at radius 3 is 3.07 bits per heavy atom. The van der Waals surface area contributed by atoms with E-state index in [1.165, 1.54) is 6.20 Å². The average molecular weight is 223 g/mol. The fourth-order valence-corrected chi connectivity index (χ4v) is 1.50. The molecule has 2 aromatic rings. The molecule has 15 heavy (non-hydrogen) atoms. The fourth-order valence-electron chi connectivity index (χ4n) is 1.05. The van der Waals surface area contributed by atoms with Gasteiger partial charge in [-0.05, 0) is 11.5 Å². The highest BCUT2D eigenvalue weighted by Gasteiger charge is 2.14. The maximum Gasteiger partial charge on any atom is 0.247 e. The molecule has 1 N–H and O–H groups in total. The Bertz CT molecular complexity index is 439. The second kappa shape index (κ2) is 3.96. The summed E-state index contributed by atoms with van der Waals surface area (Å²) in [7, 11) is 0. The number of aromatic nitrogens is 4. The van der Waals surface area contributed by atoms with Gasteiger partial charge in [0, 0.05) is 17.8 Å². The first-order valence-electron chi connectivity index (χ1n) is 3.90. The lowest BCUT2D eigenvalue weighted by Gasteiger charge is -1.94. The zero-order valence-electron chi connectivity index (χ0n) is 7.32. The van der Waals surface area contributed by atoms with E-state index >= 15 is 0 Å². The van der Waals surface area contributed by atoms with Crippen LogP contribution in [0.15, 0.2) is 24.0 Å². The predicted molar refractivity (Wildman–Crippen MR) is 52.6 cm³/mol. The van der Waals surface area contributed by atoms with Crippen LogP contribution in [0.25, 0.3) is 5.57 Å². The van der Waals surface area contributed by atoms with Crippen molar-refractivity contribution in [1.82, 2.24) is 19.6 Å². The fraction of sp³-hybridized carbons (Fsp3) is 0. The van der Waals surface area contributed by atoms with Crippen LogP contribution in [0.5, 0.6) is 0 Å². The number of nitrogens with zero attached hydrogens (tertiary/aromatic N) is 4. The molecule has 8 heteroatoms. The summed E-state index contributed by atoms with van der Waals surface area (Å²) in [4.78, 5) is 16.6. The summed E-state index contributed by atoms with van der Waals surface area (Å²) >= 11 is 1.13. The number of aromatic amines is 1. The van der Waals surface area contributed by atoms with Crippen LogP contribution in [-0.4, -0.2) is 24.5 Å². The summed E-state index contributed by atoms with van der Waals surface area (Å²) in [6, 6.07) is 0. The first kappa shape index (κ1) is 9.46. The minimum Gasteiger partial charge on any atom is -0.344 e. The highest BCUT2D eigenvalue weighted by Crippen LogP contribution is 2.18. The van der Waals surface area contributed by atoms with E-state index in [2.05, 4.69) is 19.6 Å². The van der Waals surface area contributed by atoms with E-state index < -0.39 is 4.92 Å². The van der Waals surface area contributed by atoms with Gasteiger partial charge in [-0.1, -0.05) is 4.49 Å². The molecule has 0 atom stereocenters. The normalized spacial score (nSPS) is 11.6. The van der Waals surface area contributed by atoms with Crippen LogP contribution in [0, 0.1) is 10.1 Å². The highest BCUT2D eigenvalue weighted by molar-refractivity contribution is 7.03. The maximum atomic E-state index is 10.4. The van der Waals surface area contributed by atoms with Gasteiger partial charge in [0.1, 0.15) is 17.1 Å². The molecule has 2 heterocycles. The van der Waals surface area contributed by atoms with Gasteiger partial charge in [-0.2, -0.15) is 0 Å². The Morgan fingerprint density at radius 2 is 2.53 bits per heavy atom. The molecule has 76 valence electrons. The molecule has 0 aliphatic heterocycles. The minimum absolute atomic E-state index is 0.318. The smallest absolute Gasteiger partial charge is 0.247 e. The van der Waals surface area contributed by atoms with E-state index in [-0.39, 0.29) is 0 Å². The van der Waals surface area contributed by atoms with E-state index in [0.29, 0.717) is 17.1 Å². The number of nitrogens with one attached hydrogen (secondary N) is 1. The summed E-state index contributed by atoms with van der Waals surface area (Å²) in [6.45, 7) is 0. The van der Waals surface area contributed by atoms with Crippen molar-refractivity contribution in [3.05, 3.63) is 45.6 Å². The Morgan fingerprint density at radius 1 is 1.67 bits per heavy atom. The zero-order chi connectivity index (χ0) is 10.7. The quantitative estimate of drug-likeness (QED) is 0.616. The Hall–Kier alpha value is -2.09. The van der Waals surface area contributed by atoms with Crippen molar-refractivity contribution >= 4 is 17.1 Å². The van der Waals surface area contributed by atoms with Crippen LogP contribution in [0.1, 0.15) is 11.5 Å². The zero-order valence-corrected chi connectivity index (χ0v) is 8.14. The van der Waals surface area contributed by atoms with Gasteiger partial charge in [-0.25, -0.2) is 4.98 Å². The van der Waals surface area contributed by atoms with Gasteiger partial charge in [-0.15, -0.1) is 5.10 Å². The monoisotopic (exact) mass is 223 g/mol. The molecule has 0 aliphatic carbocycles. The van der Waals surface area contributed by atoms with Crippen LogP contribution >= 0.6 is 11.5 Å². The van der Waals surface area contributed by atoms with Crippen molar-refractivity contribution < 1.29 is 4.92 Å². The van der Waals surface area contributed by atoms with E-state index in [0.717, 1.165) is 17.7 Å². The van der Waals surface area contributed by atoms with E-state index in [4.69, 9.17) is 0 Å². The van der Waals surface area contributed by atoms with E-state index in [1.54, 1.807) is 11.6 Å². The molecular weight excluding hydrogens is 218 g/mol. The first-order chi connectivity index (χ1) is 7.27. The molecule has 0 radical (unpaired) electrons. The second-order valence-electron chi connectivity index (χ2n) is 2.56. The van der Waals surface area contributed by atoms with Crippen LogP contribution < -0.4 is 0 Å². The summed E-state index contributed by atoms with van der Waals surface area (Å²) in [6.07, 6.45) is 3.96. The average Bonchev–Trinajstić information content (AvgIpc) is 2.87. The maximum absolute atomic E-state index is 10.4. The van der Waals surface area contributed by atoms with Gasteiger partial charge in [0.15, 0.2) is 0 Å². The number of rotatable bonds is 3. The molecule has 7 nitrogen and oxygen atoms in total. The van der Waals surface area contributed by atoms with Crippen molar-refractivity contribution in [3.63, 3.8) is 0 Å². The third kappa shape index (κ3) is 2.05. The largest absolute Gasteiger partial charge is 0.344 e. The van der Waals surface area contributed by atoms with Gasteiger partial charge in [0.2, 0.25) is 6.20 Å². The van der Waals surface area contributed by atoms with Crippen LogP contribution in [0.2, 0.25) is 0 Å². The summed E-state index contributed by atoms with van der Waals surface area (Å²) in [5.74, 6) is 0.402. The molecule has 0 saturated heterocycles. The van der Waals surface area contributed by atoms with Crippen LogP contribution in [-0.2, 0) is 0 Å². The van der Waals surface area contributed by atoms with Crippen molar-refractivity contribution in [2.24, 2.45) is 0 Å². The van der Waals surface area contributed by atoms with Crippen molar-refractivity contribution in [3.8, 4) is 0 Å². The Labute approximate surface area is 87.8 Å². The van der Waals surface area contributed by atoms with Gasteiger partial charge in [0.05, 0.1) is 4.92 Å². The van der Waals surface area contributed by atoms with Crippen molar-refractivity contribution in [1.29, 1.82) is 0 Å². The minimum atomic E-state index is -0.544. The van der Waals surface area contributed by atoms with Crippen molar-refractivity contribution in [2.45, 2.75) is 0 Å². The van der Waals surface area contributed by atoms with Crippen molar-refractivity contribution in [2.75, 3.05) is 0 Å². The standard InChI is InChI=1S/C7H5N5O2S/c13-12(14)3-5(6-4-15-11-10-6)7-8-1-2-9-7/h1-4H,(H,8,9). The Kier molecular flexibility index (Phi) is 2.50. The topological polar surface area (TPSA) is 97.6 Å². The summed E-state index contributed by atoms with van der Waals surface area (Å²) in [5, 5.41) is 15.8. The predicted octanol–water partition coefficient (Wildman–Crippen LogP) is 0.927. The molecule has 0 fully saturated rings. The third-order valence-corrected chi connectivity index (χ3v) is 2.13. The lowest BCUT2D eigenvalue weighted by atomic mass is 10.2. The molecule has 0 amide bonds. The lowest BCUT2D eigenvalue weighted by molar-refractivity contribution is -0.401. The van der Waals surface area contributed by atoms with Crippen LogP contribution in [0.4, 0.5) is 0 Å². The summed E-state index contributed by atoms with van der Waals surface area (Å²) in [5.41, 5.74) is 0.755. The number of imidazole rings is 1. The van der Waals surface area contributed by atoms with E-state index in [9.17, 15) is 10.1 Å². The lowest BCUT2D eigenvalue weighted by Crippen LogP contribution is -1.95. The molecule has 2 aromatic heterocycles. The molecule has 0 spiro atoms. The highest BCUT2D eigenvalue weighted by atomic mass is 32.1. The molecule has 0 unspecified atom stereocenters. The van der Waals surface area contributed by atoms with Gasteiger partial charge in [0.25, 0.3) is 0 Å². The molecular formula is C7H5N5O2S. The van der Waals surface area contributed by atoms with Gasteiger partial charge < -0.3 is 4.98 Å². The summed E-state index contributed by atoms with van der Waals surface area (Å²) < 4.78 is 3.65.